The van der Waals surface area contributed by atoms with E-state index in [4.69, 9.17) is 0 Å². The van der Waals surface area contributed by atoms with Gasteiger partial charge in [0.05, 0.1) is 9.82 Å². The van der Waals surface area contributed by atoms with Crippen molar-refractivity contribution in [1.82, 2.24) is 14.3 Å². The number of piperidine rings is 1. The topological polar surface area (TPSA) is 109 Å². The number of aromatic amines is 1. The summed E-state index contributed by atoms with van der Waals surface area (Å²) in [6.07, 6.45) is 4.77. The van der Waals surface area contributed by atoms with Crippen LogP contribution in [0.2, 0.25) is 0 Å². The van der Waals surface area contributed by atoms with Gasteiger partial charge in [0.15, 0.2) is 0 Å². The van der Waals surface area contributed by atoms with Crippen molar-refractivity contribution in [2.24, 2.45) is 0 Å². The Morgan fingerprint density at radius 2 is 2.04 bits per heavy atom. The quantitative estimate of drug-likeness (QED) is 0.671. The molecule has 1 saturated heterocycles. The van der Waals surface area contributed by atoms with E-state index in [2.05, 4.69) is 9.97 Å². The van der Waals surface area contributed by atoms with Crippen LogP contribution in [0.25, 0.3) is 0 Å². The Balaban J connectivity index is 1.79. The highest BCUT2D eigenvalue weighted by molar-refractivity contribution is 7.89. The molecular formula is C15H18N4O4S. The lowest BCUT2D eigenvalue weighted by molar-refractivity contribution is -0.385. The maximum Gasteiger partial charge on any atom is 0.273 e. The number of aromatic nitrogens is 2. The Labute approximate surface area is 139 Å². The smallest absolute Gasteiger partial charge is 0.273 e. The highest BCUT2D eigenvalue weighted by atomic mass is 32.2. The predicted octanol–water partition coefficient (Wildman–Crippen LogP) is 2.19. The number of sulfonamides is 1. The molecule has 1 aromatic heterocycles. The van der Waals surface area contributed by atoms with Gasteiger partial charge in [0, 0.05) is 43.0 Å². The third-order valence-corrected chi connectivity index (χ3v) is 6.27. The van der Waals surface area contributed by atoms with Crippen LogP contribution in [0.4, 0.5) is 5.69 Å². The van der Waals surface area contributed by atoms with Crippen LogP contribution in [0.5, 0.6) is 0 Å². The maximum absolute atomic E-state index is 12.7. The molecule has 1 fully saturated rings. The molecule has 1 aliphatic heterocycles. The number of rotatable bonds is 4. The summed E-state index contributed by atoms with van der Waals surface area (Å²) in [6, 6.07) is 4.04. The van der Waals surface area contributed by atoms with Crippen LogP contribution in [0.3, 0.4) is 0 Å². The Kier molecular flexibility index (Phi) is 4.37. The van der Waals surface area contributed by atoms with E-state index in [0.29, 0.717) is 31.5 Å². The molecule has 9 heteroatoms. The highest BCUT2D eigenvalue weighted by Gasteiger charge is 2.31. The van der Waals surface area contributed by atoms with Crippen molar-refractivity contribution in [3.63, 3.8) is 0 Å². The lowest BCUT2D eigenvalue weighted by atomic mass is 9.98. The zero-order valence-corrected chi connectivity index (χ0v) is 14.0. The zero-order chi connectivity index (χ0) is 17.3. The summed E-state index contributed by atoms with van der Waals surface area (Å²) in [5, 5.41) is 11.0. The van der Waals surface area contributed by atoms with Crippen molar-refractivity contribution in [2.45, 2.75) is 30.6 Å². The molecule has 1 N–H and O–H groups in total. The van der Waals surface area contributed by atoms with Gasteiger partial charge < -0.3 is 4.98 Å². The number of imidazole rings is 1. The lowest BCUT2D eigenvalue weighted by Gasteiger charge is -2.30. The van der Waals surface area contributed by atoms with Gasteiger partial charge in [-0.1, -0.05) is 6.07 Å². The number of hydrogen-bond acceptors (Lipinski definition) is 5. The fraction of sp³-hybridized carbons (Fsp3) is 0.400. The maximum atomic E-state index is 12.7. The molecule has 0 saturated carbocycles. The minimum Gasteiger partial charge on any atom is -0.348 e. The summed E-state index contributed by atoms with van der Waals surface area (Å²) < 4.78 is 26.9. The normalized spacial score (nSPS) is 17.0. The summed E-state index contributed by atoms with van der Waals surface area (Å²) in [6.45, 7) is 2.33. The molecular weight excluding hydrogens is 332 g/mol. The minimum absolute atomic E-state index is 0.0313. The molecule has 3 rings (SSSR count). The number of benzene rings is 1. The van der Waals surface area contributed by atoms with Crippen LogP contribution in [0.1, 0.15) is 30.1 Å². The fourth-order valence-electron chi connectivity index (χ4n) is 2.97. The molecule has 0 atom stereocenters. The fourth-order valence-corrected chi connectivity index (χ4v) is 4.46. The Hall–Kier alpha value is -2.26. The van der Waals surface area contributed by atoms with Gasteiger partial charge in [0.2, 0.25) is 10.0 Å². The largest absolute Gasteiger partial charge is 0.348 e. The second kappa shape index (κ2) is 6.33. The van der Waals surface area contributed by atoms with Gasteiger partial charge in [-0.2, -0.15) is 4.31 Å². The molecule has 0 radical (unpaired) electrons. The van der Waals surface area contributed by atoms with Gasteiger partial charge in [0.25, 0.3) is 5.69 Å². The van der Waals surface area contributed by atoms with Crippen LogP contribution in [-0.4, -0.2) is 40.7 Å². The summed E-state index contributed by atoms with van der Waals surface area (Å²) in [4.78, 5) is 17.7. The Morgan fingerprint density at radius 3 is 2.62 bits per heavy atom. The van der Waals surface area contributed by atoms with Crippen molar-refractivity contribution in [3.8, 4) is 0 Å². The third kappa shape index (κ3) is 3.04. The average Bonchev–Trinajstić information content (AvgIpc) is 3.09. The summed E-state index contributed by atoms with van der Waals surface area (Å²) in [7, 11) is -3.73. The number of hydrogen-bond donors (Lipinski definition) is 1. The van der Waals surface area contributed by atoms with E-state index in [1.807, 2.05) is 0 Å². The van der Waals surface area contributed by atoms with E-state index >= 15 is 0 Å². The van der Waals surface area contributed by atoms with Gasteiger partial charge >= 0.3 is 0 Å². The van der Waals surface area contributed by atoms with Gasteiger partial charge in [-0.05, 0) is 25.8 Å². The van der Waals surface area contributed by atoms with E-state index in [-0.39, 0.29) is 16.5 Å². The second-order valence-electron chi connectivity index (χ2n) is 5.86. The van der Waals surface area contributed by atoms with Gasteiger partial charge in [-0.15, -0.1) is 0 Å². The van der Waals surface area contributed by atoms with E-state index in [0.717, 1.165) is 11.9 Å². The van der Waals surface area contributed by atoms with Crippen molar-refractivity contribution in [1.29, 1.82) is 0 Å². The second-order valence-corrected chi connectivity index (χ2v) is 7.80. The van der Waals surface area contributed by atoms with Crippen LogP contribution >= 0.6 is 0 Å². The summed E-state index contributed by atoms with van der Waals surface area (Å²) in [5.74, 6) is 1.08. The van der Waals surface area contributed by atoms with E-state index in [9.17, 15) is 18.5 Å². The molecule has 0 amide bonds. The molecule has 128 valence electrons. The number of nitro groups is 1. The summed E-state index contributed by atoms with van der Waals surface area (Å²) in [5.41, 5.74) is 0.261. The van der Waals surface area contributed by atoms with Crippen LogP contribution < -0.4 is 0 Å². The molecule has 2 heterocycles. The van der Waals surface area contributed by atoms with E-state index in [1.54, 1.807) is 19.3 Å². The van der Waals surface area contributed by atoms with Gasteiger partial charge in [-0.3, -0.25) is 10.1 Å². The molecule has 0 aliphatic carbocycles. The van der Waals surface area contributed by atoms with Crippen molar-refractivity contribution >= 4 is 15.7 Å². The Morgan fingerprint density at radius 1 is 1.33 bits per heavy atom. The van der Waals surface area contributed by atoms with E-state index < -0.39 is 14.9 Å². The van der Waals surface area contributed by atoms with Gasteiger partial charge in [-0.25, -0.2) is 13.4 Å². The molecule has 0 unspecified atom stereocenters. The number of nitrogens with one attached hydrogen (secondary N) is 1. The first-order valence-corrected chi connectivity index (χ1v) is 9.08. The number of nitrogens with zero attached hydrogens (tertiary/aromatic N) is 3. The zero-order valence-electron chi connectivity index (χ0n) is 13.2. The predicted molar refractivity (Wildman–Crippen MR) is 87.2 cm³/mol. The average molecular weight is 350 g/mol. The monoisotopic (exact) mass is 350 g/mol. The molecule has 0 spiro atoms. The minimum atomic E-state index is -3.73. The number of nitro benzene ring substituents is 1. The first kappa shape index (κ1) is 16.6. The molecule has 0 bridgehead atoms. The summed E-state index contributed by atoms with van der Waals surface area (Å²) >= 11 is 0. The van der Waals surface area contributed by atoms with Crippen molar-refractivity contribution in [3.05, 3.63) is 52.1 Å². The van der Waals surface area contributed by atoms with Crippen LogP contribution in [-0.2, 0) is 10.0 Å². The van der Waals surface area contributed by atoms with Crippen LogP contribution in [0.15, 0.2) is 35.5 Å². The standard InChI is InChI=1S/C15H18N4O4S/c1-11-2-3-13(10-14(11)19(20)21)24(22,23)18-8-4-12(5-9-18)15-16-6-7-17-15/h2-3,6-7,10,12H,4-5,8-9H2,1H3,(H,16,17). The van der Waals surface area contributed by atoms with Gasteiger partial charge in [0.1, 0.15) is 5.82 Å². The molecule has 24 heavy (non-hydrogen) atoms. The molecule has 8 nitrogen and oxygen atoms in total. The van der Waals surface area contributed by atoms with Crippen LogP contribution in [0, 0.1) is 17.0 Å². The third-order valence-electron chi connectivity index (χ3n) is 4.38. The van der Waals surface area contributed by atoms with Crippen molar-refractivity contribution < 1.29 is 13.3 Å². The lowest BCUT2D eigenvalue weighted by Crippen LogP contribution is -2.38. The number of aryl methyl sites for hydroxylation is 1. The van der Waals surface area contributed by atoms with E-state index in [1.165, 1.54) is 16.4 Å². The first-order valence-electron chi connectivity index (χ1n) is 7.64. The highest BCUT2D eigenvalue weighted by Crippen LogP contribution is 2.30. The Bertz CT molecular complexity index is 840. The first-order chi connectivity index (χ1) is 11.4. The SMILES string of the molecule is Cc1ccc(S(=O)(=O)N2CCC(c3ncc[nH]3)CC2)cc1[N+](=O)[O-]. The molecule has 2 aromatic rings. The van der Waals surface area contributed by atoms with Crippen molar-refractivity contribution in [2.75, 3.05) is 13.1 Å². The number of H-pyrrole nitrogens is 1. The molecule has 1 aliphatic rings. The molecule has 1 aromatic carbocycles.